The Bertz CT molecular complexity index is 191. The average Bonchev–Trinajstić information content (AvgIpc) is 2.65. The summed E-state index contributed by atoms with van der Waals surface area (Å²) in [6.07, 6.45) is 4.11. The molecule has 0 aromatic carbocycles. The molecule has 0 saturated carbocycles. The minimum Gasteiger partial charge on any atom is 0 e. The van der Waals surface area contributed by atoms with Crippen molar-refractivity contribution in [3.8, 4) is 0 Å². The predicted octanol–water partition coefficient (Wildman–Crippen LogP) is 0.402. The fraction of sp³-hybridized carbons (Fsp3) is 0.250. The van der Waals surface area contributed by atoms with Gasteiger partial charge in [0.1, 0.15) is 5.75 Å². The Morgan fingerprint density at radius 2 is 0.955 bits per heavy atom. The van der Waals surface area contributed by atoms with Crippen LogP contribution in [0.2, 0.25) is 0 Å². The Morgan fingerprint density at radius 1 is 0.864 bits per heavy atom. The molecule has 0 aromatic heterocycles. The van der Waals surface area contributed by atoms with E-state index in [1.54, 1.807) is 6.29 Å². The average molecular weight is 413 g/mol. The molecule has 1 N–H and O–H groups in total. The SMILES string of the molecule is C=C[C-]=[OH+].CCC[SH2+].[C-]#[O+].[C-]#[O+].[C-]#[O+].[C-]#[O+].[C-]#[O+].[C-]#[O+].[Fe].[Fe]. The molecule has 0 aliphatic carbocycles. The van der Waals surface area contributed by atoms with Crippen LogP contribution < -0.4 is 0 Å². The van der Waals surface area contributed by atoms with Crippen LogP contribution in [0.4, 0.5) is 0 Å². The first-order chi connectivity index (χ1) is 9.83. The minimum absolute atomic E-state index is 0. The summed E-state index contributed by atoms with van der Waals surface area (Å²) in [7, 11) is 0. The topological polar surface area (TPSA) is 141 Å². The number of allylic oxidation sites excluding steroid dienone is 1. The van der Waals surface area contributed by atoms with E-state index >= 15 is 0 Å². The third-order valence-electron chi connectivity index (χ3n) is 0.341. The summed E-state index contributed by atoms with van der Waals surface area (Å²) in [5, 5.41) is 0. The fourth-order valence-corrected chi connectivity index (χ4v) is 0. The maximum atomic E-state index is 7.51. The first-order valence-electron chi connectivity index (χ1n) is 3.71. The monoisotopic (exact) mass is 413 g/mol. The first kappa shape index (κ1) is 68.9. The van der Waals surface area contributed by atoms with Crippen LogP contribution in [-0.4, -0.2) is 16.8 Å². The molecule has 0 aromatic rings. The van der Waals surface area contributed by atoms with Gasteiger partial charge in [-0.1, -0.05) is 6.92 Å². The van der Waals surface area contributed by atoms with Gasteiger partial charge in [0.2, 0.25) is 6.29 Å². The van der Waals surface area contributed by atoms with E-state index in [-0.39, 0.29) is 34.1 Å². The first-order valence-corrected chi connectivity index (χ1v) is 4.41. The van der Waals surface area contributed by atoms with Crippen LogP contribution in [0.1, 0.15) is 13.3 Å². The number of carbonyl (C=O) groups excluding carboxylic acids is 1. The Morgan fingerprint density at radius 3 is 0.955 bits per heavy atom. The zero-order chi connectivity index (χ0) is 18.8. The van der Waals surface area contributed by atoms with Gasteiger partial charge in [-0.25, -0.2) is 6.58 Å². The second-order valence-electron chi connectivity index (χ2n) is 1.08. The molecule has 0 radical (unpaired) electrons. The molecule has 0 rings (SSSR count). The van der Waals surface area contributed by atoms with E-state index in [2.05, 4.69) is 66.0 Å². The summed E-state index contributed by atoms with van der Waals surface area (Å²) in [4.78, 5) is 7.51. The van der Waals surface area contributed by atoms with E-state index in [1.807, 2.05) is 0 Å². The Kier molecular flexibility index (Phi) is 2240. The van der Waals surface area contributed by atoms with Crippen LogP contribution >= 0.6 is 0 Å². The van der Waals surface area contributed by atoms with Crippen LogP contribution in [0.5, 0.6) is 0 Å². The van der Waals surface area contributed by atoms with Crippen molar-refractivity contribution < 1.29 is 66.8 Å². The van der Waals surface area contributed by atoms with Crippen molar-refractivity contribution in [2.24, 2.45) is 0 Å². The van der Waals surface area contributed by atoms with E-state index in [4.69, 9.17) is 32.7 Å². The number of hydrogen-bond acceptors (Lipinski definition) is 0. The van der Waals surface area contributed by atoms with Gasteiger partial charge in [0, 0.05) is 34.1 Å². The normalized spacial score (nSPS) is 2.82. The molecule has 0 aliphatic rings. The van der Waals surface area contributed by atoms with E-state index < -0.39 is 0 Å². The van der Waals surface area contributed by atoms with E-state index in [0.717, 1.165) is 5.75 Å². The van der Waals surface area contributed by atoms with E-state index in [0.29, 0.717) is 0 Å². The van der Waals surface area contributed by atoms with Crippen LogP contribution in [-0.2, 0) is 74.7 Å². The van der Waals surface area contributed by atoms with Gasteiger partial charge in [-0.05, 0) is 19.0 Å². The Labute approximate surface area is 157 Å². The predicted molar refractivity (Wildman–Crippen MR) is 66.0 cm³/mol. The van der Waals surface area contributed by atoms with Gasteiger partial charge in [0.15, 0.2) is 0 Å². The standard InChI is InChI=1S/C3H4O.C3H8S.6CO.2Fe/c2*1-2-3-4;6*1-2;;/h2,4H,1H2;4H,2-3H2,1H3;;;;;;;;/p+1. The van der Waals surface area contributed by atoms with E-state index in [1.165, 1.54) is 12.5 Å². The van der Waals surface area contributed by atoms with Crippen molar-refractivity contribution in [1.82, 2.24) is 0 Å². The van der Waals surface area contributed by atoms with Crippen molar-refractivity contribution >= 4 is 18.9 Å². The van der Waals surface area contributed by atoms with Crippen molar-refractivity contribution in [2.45, 2.75) is 13.3 Å². The van der Waals surface area contributed by atoms with Gasteiger partial charge in [-0.3, -0.25) is 0 Å². The van der Waals surface area contributed by atoms with Crippen LogP contribution in [0, 0.1) is 39.9 Å². The largest absolute Gasteiger partial charge is 0 e. The smallest absolute Gasteiger partial charge is 0 e. The van der Waals surface area contributed by atoms with Gasteiger partial charge in [-0.15, -0.1) is 6.08 Å². The van der Waals surface area contributed by atoms with Gasteiger partial charge < -0.3 is 4.79 Å². The molecule has 0 heterocycles. The van der Waals surface area contributed by atoms with Crippen LogP contribution in [0.3, 0.4) is 0 Å². The molecule has 0 bridgehead atoms. The van der Waals surface area contributed by atoms with Crippen LogP contribution in [0.15, 0.2) is 12.7 Å². The molecule has 0 amide bonds. The fourth-order valence-electron chi connectivity index (χ4n) is 0. The summed E-state index contributed by atoms with van der Waals surface area (Å²) in [5.41, 5.74) is 0. The molecule has 0 saturated heterocycles. The molecule has 22 heavy (non-hydrogen) atoms. The second kappa shape index (κ2) is 714. The molecular formula is C12H13Fe2O7S+. The summed E-state index contributed by atoms with van der Waals surface area (Å²) in [5.74, 6) is 1.12. The maximum Gasteiger partial charge on any atom is 0 e. The minimum atomic E-state index is 0. The van der Waals surface area contributed by atoms with Gasteiger partial charge in [0.25, 0.3) is 0 Å². The van der Waals surface area contributed by atoms with Crippen molar-refractivity contribution in [1.29, 1.82) is 0 Å². The molecule has 0 fully saturated rings. The zero-order valence-electron chi connectivity index (χ0n) is 11.3. The number of rotatable bonds is 2. The molecule has 10 heteroatoms. The Hall–Kier alpha value is -0.761. The molecule has 124 valence electrons. The van der Waals surface area contributed by atoms with E-state index in [9.17, 15) is 0 Å². The third-order valence-corrected chi connectivity index (χ3v) is 0.841. The molecular weight excluding hydrogens is 400 g/mol. The number of hydrogen-bond donors (Lipinski definition) is 0. The molecule has 0 atom stereocenters. The molecule has 7 nitrogen and oxygen atoms in total. The maximum absolute atomic E-state index is 7.51. The van der Waals surface area contributed by atoms with Crippen molar-refractivity contribution in [2.75, 3.05) is 5.75 Å². The molecule has 0 unspecified atom stereocenters. The zero-order valence-corrected chi connectivity index (χ0v) is 14.5. The third kappa shape index (κ3) is 4170. The van der Waals surface area contributed by atoms with Crippen LogP contribution in [0.25, 0.3) is 0 Å². The molecule has 0 aliphatic heterocycles. The summed E-state index contributed by atoms with van der Waals surface area (Å²) >= 11 is 3.29. The Balaban J connectivity index is -0.00000000950. The summed E-state index contributed by atoms with van der Waals surface area (Å²) in [6, 6.07) is 0. The van der Waals surface area contributed by atoms with Gasteiger partial charge in [0.05, 0.1) is 0 Å². The van der Waals surface area contributed by atoms with Crippen molar-refractivity contribution in [3.63, 3.8) is 0 Å². The van der Waals surface area contributed by atoms with Gasteiger partial charge in [-0.2, -0.15) is 0 Å². The quantitative estimate of drug-likeness (QED) is 0.268. The second-order valence-corrected chi connectivity index (χ2v) is 1.58. The van der Waals surface area contributed by atoms with Crippen molar-refractivity contribution in [3.05, 3.63) is 52.6 Å². The van der Waals surface area contributed by atoms with Gasteiger partial charge >= 0.3 is 67.8 Å². The summed E-state index contributed by atoms with van der Waals surface area (Å²) < 4.78 is 45.0. The summed E-state index contributed by atoms with van der Waals surface area (Å²) in [6.45, 7) is 32.2. The molecule has 0 spiro atoms.